The van der Waals surface area contributed by atoms with Crippen molar-refractivity contribution in [3.8, 4) is 10.4 Å². The topological polar surface area (TPSA) is 43.1 Å². The fourth-order valence-electron chi connectivity index (χ4n) is 1.25. The molecule has 0 aliphatic carbocycles. The average molecular weight is 284 g/mol. The van der Waals surface area contributed by atoms with Gasteiger partial charge < -0.3 is 0 Å². The van der Waals surface area contributed by atoms with E-state index in [-0.39, 0.29) is 5.69 Å². The lowest BCUT2D eigenvalue weighted by molar-refractivity contribution is -0.385. The van der Waals surface area contributed by atoms with Gasteiger partial charge >= 0.3 is 0 Å². The van der Waals surface area contributed by atoms with Crippen molar-refractivity contribution in [2.24, 2.45) is 0 Å². The molecule has 2 aromatic rings. The van der Waals surface area contributed by atoms with Crippen molar-refractivity contribution >= 4 is 33.0 Å². The first-order valence-electron chi connectivity index (χ1n) is 4.16. The van der Waals surface area contributed by atoms with Crippen LogP contribution in [-0.4, -0.2) is 4.92 Å². The monoisotopic (exact) mass is 283 g/mol. The average Bonchev–Trinajstić information content (AvgIpc) is 2.69. The molecule has 0 unspecified atom stereocenters. The highest BCUT2D eigenvalue weighted by atomic mass is 79.9. The Hall–Kier alpha value is -1.20. The summed E-state index contributed by atoms with van der Waals surface area (Å²) in [6, 6.07) is 8.98. The van der Waals surface area contributed by atoms with Gasteiger partial charge in [0, 0.05) is 10.9 Å². The second-order valence-electron chi connectivity index (χ2n) is 2.90. The molecule has 0 aliphatic heterocycles. The largest absolute Gasteiger partial charge is 0.283 e. The predicted molar refractivity (Wildman–Crippen MR) is 64.1 cm³/mol. The van der Waals surface area contributed by atoms with Crippen molar-refractivity contribution in [3.63, 3.8) is 0 Å². The SMILES string of the molecule is O=[N+]([O-])c1ccc(-c2cccs2)cc1Br. The summed E-state index contributed by atoms with van der Waals surface area (Å²) in [5, 5.41) is 12.6. The quantitative estimate of drug-likeness (QED) is 0.616. The third kappa shape index (κ3) is 2.08. The smallest absolute Gasteiger partial charge is 0.258 e. The van der Waals surface area contributed by atoms with Crippen LogP contribution in [0.4, 0.5) is 5.69 Å². The first-order chi connectivity index (χ1) is 7.18. The summed E-state index contributed by atoms with van der Waals surface area (Å²) >= 11 is 4.80. The summed E-state index contributed by atoms with van der Waals surface area (Å²) in [7, 11) is 0. The summed E-state index contributed by atoms with van der Waals surface area (Å²) < 4.78 is 0.512. The maximum absolute atomic E-state index is 10.6. The Balaban J connectivity index is 2.47. The van der Waals surface area contributed by atoms with Crippen LogP contribution in [0.25, 0.3) is 10.4 Å². The van der Waals surface area contributed by atoms with Crippen molar-refractivity contribution in [3.05, 3.63) is 50.3 Å². The van der Waals surface area contributed by atoms with Gasteiger partial charge in [-0.1, -0.05) is 6.07 Å². The fourth-order valence-corrected chi connectivity index (χ4v) is 2.50. The number of nitrogens with zero attached hydrogens (tertiary/aromatic N) is 1. The first-order valence-corrected chi connectivity index (χ1v) is 5.83. The number of rotatable bonds is 2. The van der Waals surface area contributed by atoms with E-state index in [1.807, 2.05) is 17.5 Å². The first kappa shape index (κ1) is 10.3. The molecule has 15 heavy (non-hydrogen) atoms. The van der Waals surface area contributed by atoms with Crippen molar-refractivity contribution in [2.75, 3.05) is 0 Å². The van der Waals surface area contributed by atoms with Gasteiger partial charge in [-0.3, -0.25) is 10.1 Å². The molecule has 0 N–H and O–H groups in total. The maximum Gasteiger partial charge on any atom is 0.283 e. The Morgan fingerprint density at radius 1 is 1.33 bits per heavy atom. The van der Waals surface area contributed by atoms with E-state index in [2.05, 4.69) is 15.9 Å². The van der Waals surface area contributed by atoms with E-state index in [0.717, 1.165) is 10.4 Å². The van der Waals surface area contributed by atoms with Crippen molar-refractivity contribution < 1.29 is 4.92 Å². The summed E-state index contributed by atoms with van der Waals surface area (Å²) in [5.74, 6) is 0. The molecule has 0 bridgehead atoms. The third-order valence-electron chi connectivity index (χ3n) is 1.95. The Morgan fingerprint density at radius 2 is 2.13 bits per heavy atom. The molecule has 1 aromatic heterocycles. The van der Waals surface area contributed by atoms with Crippen molar-refractivity contribution in [2.45, 2.75) is 0 Å². The zero-order valence-corrected chi connectivity index (χ0v) is 9.92. The summed E-state index contributed by atoms with van der Waals surface area (Å²) in [6.07, 6.45) is 0. The Kier molecular flexibility index (Phi) is 2.83. The Morgan fingerprint density at radius 3 is 2.67 bits per heavy atom. The fraction of sp³-hybridized carbons (Fsp3) is 0. The highest BCUT2D eigenvalue weighted by Gasteiger charge is 2.12. The van der Waals surface area contributed by atoms with Crippen LogP contribution in [0.2, 0.25) is 0 Å². The molecule has 2 rings (SSSR count). The number of nitro groups is 1. The van der Waals surface area contributed by atoms with Crippen LogP contribution in [0.15, 0.2) is 40.2 Å². The second-order valence-corrected chi connectivity index (χ2v) is 4.70. The van der Waals surface area contributed by atoms with Gasteiger partial charge in [-0.25, -0.2) is 0 Å². The lowest BCUT2D eigenvalue weighted by Crippen LogP contribution is -1.88. The van der Waals surface area contributed by atoms with Gasteiger partial charge in [-0.15, -0.1) is 11.3 Å². The lowest BCUT2D eigenvalue weighted by atomic mass is 10.2. The van der Waals surface area contributed by atoms with Gasteiger partial charge in [0.1, 0.15) is 0 Å². The highest BCUT2D eigenvalue weighted by molar-refractivity contribution is 9.10. The van der Waals surface area contributed by atoms with E-state index in [0.29, 0.717) is 4.47 Å². The molecule has 0 amide bonds. The van der Waals surface area contributed by atoms with Gasteiger partial charge in [0.05, 0.1) is 9.40 Å². The van der Waals surface area contributed by atoms with Gasteiger partial charge in [-0.2, -0.15) is 0 Å². The molecular formula is C10H6BrNO2S. The van der Waals surface area contributed by atoms with Crippen molar-refractivity contribution in [1.29, 1.82) is 0 Å². The van der Waals surface area contributed by atoms with Crippen LogP contribution >= 0.6 is 27.3 Å². The van der Waals surface area contributed by atoms with E-state index in [1.165, 1.54) is 6.07 Å². The van der Waals surface area contributed by atoms with Gasteiger partial charge in [0.25, 0.3) is 5.69 Å². The molecule has 0 spiro atoms. The molecule has 1 heterocycles. The van der Waals surface area contributed by atoms with Crippen LogP contribution in [0, 0.1) is 10.1 Å². The summed E-state index contributed by atoms with van der Waals surface area (Å²) in [6.45, 7) is 0. The third-order valence-corrected chi connectivity index (χ3v) is 3.50. The van der Waals surface area contributed by atoms with Gasteiger partial charge in [0.2, 0.25) is 0 Å². The van der Waals surface area contributed by atoms with E-state index in [1.54, 1.807) is 23.5 Å². The van der Waals surface area contributed by atoms with Crippen LogP contribution in [0.1, 0.15) is 0 Å². The number of benzene rings is 1. The van der Waals surface area contributed by atoms with Crippen LogP contribution in [0.5, 0.6) is 0 Å². The second kappa shape index (κ2) is 4.12. The molecule has 76 valence electrons. The summed E-state index contributed by atoms with van der Waals surface area (Å²) in [4.78, 5) is 11.3. The summed E-state index contributed by atoms with van der Waals surface area (Å²) in [5.41, 5.74) is 1.08. The normalized spacial score (nSPS) is 10.2. The predicted octanol–water partition coefficient (Wildman–Crippen LogP) is 4.09. The molecule has 5 heteroatoms. The minimum Gasteiger partial charge on any atom is -0.258 e. The number of hydrogen-bond donors (Lipinski definition) is 0. The molecule has 0 saturated carbocycles. The molecular weight excluding hydrogens is 278 g/mol. The Bertz CT molecular complexity index is 496. The minimum atomic E-state index is -0.401. The highest BCUT2D eigenvalue weighted by Crippen LogP contribution is 2.32. The van der Waals surface area contributed by atoms with Crippen LogP contribution < -0.4 is 0 Å². The van der Waals surface area contributed by atoms with E-state index in [4.69, 9.17) is 0 Å². The molecule has 0 saturated heterocycles. The van der Waals surface area contributed by atoms with E-state index >= 15 is 0 Å². The standard InChI is InChI=1S/C10H6BrNO2S/c11-8-6-7(10-2-1-5-15-10)3-4-9(8)12(13)14/h1-6H. The van der Waals surface area contributed by atoms with Gasteiger partial charge in [0.15, 0.2) is 0 Å². The van der Waals surface area contributed by atoms with E-state index < -0.39 is 4.92 Å². The number of nitro benzene ring substituents is 1. The Labute approximate surface area is 98.6 Å². The molecule has 1 aromatic carbocycles. The van der Waals surface area contributed by atoms with Crippen LogP contribution in [0.3, 0.4) is 0 Å². The number of thiophene rings is 1. The molecule has 0 fully saturated rings. The van der Waals surface area contributed by atoms with Crippen LogP contribution in [-0.2, 0) is 0 Å². The minimum absolute atomic E-state index is 0.0929. The zero-order chi connectivity index (χ0) is 10.8. The number of hydrogen-bond acceptors (Lipinski definition) is 3. The lowest BCUT2D eigenvalue weighted by Gasteiger charge is -1.99. The maximum atomic E-state index is 10.6. The zero-order valence-electron chi connectivity index (χ0n) is 7.51. The van der Waals surface area contributed by atoms with E-state index in [9.17, 15) is 10.1 Å². The molecule has 0 aliphatic rings. The molecule has 3 nitrogen and oxygen atoms in total. The number of halogens is 1. The molecule has 0 atom stereocenters. The van der Waals surface area contributed by atoms with Crippen molar-refractivity contribution in [1.82, 2.24) is 0 Å². The van der Waals surface area contributed by atoms with Gasteiger partial charge in [-0.05, 0) is 45.1 Å². The molecule has 0 radical (unpaired) electrons.